The van der Waals surface area contributed by atoms with E-state index in [1.165, 1.54) is 0 Å². The number of amides is 2. The molecular weight excluding hydrogens is 312 g/mol. The van der Waals surface area contributed by atoms with E-state index in [4.69, 9.17) is 11.6 Å². The molecule has 0 aromatic heterocycles. The van der Waals surface area contributed by atoms with Gasteiger partial charge in [0.25, 0.3) is 5.91 Å². The molecule has 0 radical (unpaired) electrons. The van der Waals surface area contributed by atoms with Crippen LogP contribution in [0.4, 0.5) is 0 Å². The number of carbonyl (C=O) groups is 2. The molecule has 1 aromatic rings. The summed E-state index contributed by atoms with van der Waals surface area (Å²) in [5.41, 5.74) is 1.23. The molecule has 1 aliphatic heterocycles. The van der Waals surface area contributed by atoms with E-state index < -0.39 is 5.41 Å². The molecule has 0 aliphatic carbocycles. The lowest BCUT2D eigenvalue weighted by Crippen LogP contribution is -2.50. The highest BCUT2D eigenvalue weighted by molar-refractivity contribution is 6.19. The van der Waals surface area contributed by atoms with Crippen LogP contribution in [0.2, 0.25) is 0 Å². The average molecular weight is 337 g/mol. The number of hydrogen-bond donors (Lipinski definition) is 1. The fraction of sp³-hybridized carbons (Fsp3) is 0.556. The minimum absolute atomic E-state index is 0.0421. The summed E-state index contributed by atoms with van der Waals surface area (Å²) in [5, 5.41) is 3.07. The maximum atomic E-state index is 12.4. The summed E-state index contributed by atoms with van der Waals surface area (Å²) in [6.07, 6.45) is 1.56. The zero-order valence-corrected chi connectivity index (χ0v) is 14.8. The third kappa shape index (κ3) is 4.47. The number of benzene rings is 1. The summed E-state index contributed by atoms with van der Waals surface area (Å²) in [5.74, 6) is 0.367. The zero-order valence-electron chi connectivity index (χ0n) is 14.1. The minimum atomic E-state index is -0.529. The lowest BCUT2D eigenvalue weighted by Gasteiger charge is -2.36. The monoisotopic (exact) mass is 336 g/mol. The topological polar surface area (TPSA) is 49.4 Å². The second-order valence-electron chi connectivity index (χ2n) is 6.93. The van der Waals surface area contributed by atoms with Gasteiger partial charge in [0.1, 0.15) is 0 Å². The van der Waals surface area contributed by atoms with Gasteiger partial charge in [-0.2, -0.15) is 0 Å². The van der Waals surface area contributed by atoms with Crippen molar-refractivity contribution in [3.8, 4) is 0 Å². The van der Waals surface area contributed by atoms with Crippen LogP contribution in [-0.2, 0) is 4.79 Å². The number of halogens is 1. The molecule has 1 N–H and O–H groups in total. The van der Waals surface area contributed by atoms with E-state index >= 15 is 0 Å². The number of alkyl halides is 1. The van der Waals surface area contributed by atoms with Crippen molar-refractivity contribution in [2.75, 3.05) is 19.0 Å². The number of likely N-dealkylation sites (tertiary alicyclic amines) is 1. The van der Waals surface area contributed by atoms with Crippen LogP contribution in [0.15, 0.2) is 24.3 Å². The van der Waals surface area contributed by atoms with Crippen LogP contribution in [-0.4, -0.2) is 41.7 Å². The Labute approximate surface area is 143 Å². The van der Waals surface area contributed by atoms with Gasteiger partial charge < -0.3 is 10.2 Å². The molecule has 0 bridgehead atoms. The van der Waals surface area contributed by atoms with Crippen LogP contribution in [0.3, 0.4) is 0 Å². The molecule has 1 saturated heterocycles. The first-order valence-electron chi connectivity index (χ1n) is 8.06. The number of hydrogen-bond acceptors (Lipinski definition) is 2. The van der Waals surface area contributed by atoms with Gasteiger partial charge in [-0.3, -0.25) is 9.59 Å². The molecule has 1 aliphatic rings. The SMILES string of the molecule is Cc1cccc(C(=O)NC2CCN(C(=O)C(C)(C)CCl)CC2)c1. The molecule has 0 saturated carbocycles. The van der Waals surface area contributed by atoms with Crippen molar-refractivity contribution in [1.29, 1.82) is 0 Å². The summed E-state index contributed by atoms with van der Waals surface area (Å²) < 4.78 is 0. The smallest absolute Gasteiger partial charge is 0.251 e. The van der Waals surface area contributed by atoms with Crippen LogP contribution >= 0.6 is 11.6 Å². The van der Waals surface area contributed by atoms with Gasteiger partial charge in [-0.25, -0.2) is 0 Å². The minimum Gasteiger partial charge on any atom is -0.349 e. The number of aryl methyl sites for hydroxylation is 1. The van der Waals surface area contributed by atoms with E-state index in [9.17, 15) is 9.59 Å². The normalized spacial score (nSPS) is 16.3. The summed E-state index contributed by atoms with van der Waals surface area (Å²) in [6.45, 7) is 7.04. The molecule has 1 aromatic carbocycles. The van der Waals surface area contributed by atoms with E-state index in [2.05, 4.69) is 5.32 Å². The zero-order chi connectivity index (χ0) is 17.0. The third-order valence-electron chi connectivity index (χ3n) is 4.31. The summed E-state index contributed by atoms with van der Waals surface area (Å²) in [7, 11) is 0. The molecule has 2 rings (SSSR count). The first kappa shape index (κ1) is 17.8. The van der Waals surface area contributed by atoms with Crippen molar-refractivity contribution < 1.29 is 9.59 Å². The standard InChI is InChI=1S/C18H25ClN2O2/c1-13-5-4-6-14(11-13)16(22)20-15-7-9-21(10-8-15)17(23)18(2,3)12-19/h4-6,11,15H,7-10,12H2,1-3H3,(H,20,22). The Morgan fingerprint density at radius 3 is 2.52 bits per heavy atom. The van der Waals surface area contributed by atoms with Crippen molar-refractivity contribution in [3.05, 3.63) is 35.4 Å². The predicted octanol–water partition coefficient (Wildman–Crippen LogP) is 2.98. The molecule has 0 atom stereocenters. The van der Waals surface area contributed by atoms with E-state index in [-0.39, 0.29) is 17.9 Å². The van der Waals surface area contributed by atoms with Crippen LogP contribution in [0, 0.1) is 12.3 Å². The molecular formula is C18H25ClN2O2. The third-order valence-corrected chi connectivity index (χ3v) is 4.98. The van der Waals surface area contributed by atoms with Crippen LogP contribution < -0.4 is 5.32 Å². The molecule has 126 valence electrons. The number of piperidine rings is 1. The van der Waals surface area contributed by atoms with E-state index in [1.807, 2.05) is 49.9 Å². The highest BCUT2D eigenvalue weighted by Crippen LogP contribution is 2.23. The Hall–Kier alpha value is -1.55. The first-order valence-corrected chi connectivity index (χ1v) is 8.60. The Morgan fingerprint density at radius 2 is 1.96 bits per heavy atom. The van der Waals surface area contributed by atoms with Gasteiger partial charge in [0, 0.05) is 30.6 Å². The van der Waals surface area contributed by atoms with Crippen molar-refractivity contribution in [1.82, 2.24) is 10.2 Å². The van der Waals surface area contributed by atoms with Crippen molar-refractivity contribution in [3.63, 3.8) is 0 Å². The number of rotatable bonds is 4. The lowest BCUT2D eigenvalue weighted by atomic mass is 9.92. The fourth-order valence-corrected chi connectivity index (χ4v) is 2.88. The highest BCUT2D eigenvalue weighted by Gasteiger charge is 2.33. The second-order valence-corrected chi connectivity index (χ2v) is 7.19. The van der Waals surface area contributed by atoms with Crippen LogP contribution in [0.5, 0.6) is 0 Å². The molecule has 23 heavy (non-hydrogen) atoms. The number of nitrogens with zero attached hydrogens (tertiary/aromatic N) is 1. The highest BCUT2D eigenvalue weighted by atomic mass is 35.5. The molecule has 1 heterocycles. The molecule has 0 unspecified atom stereocenters. The van der Waals surface area contributed by atoms with Gasteiger partial charge in [0.2, 0.25) is 5.91 Å². The summed E-state index contributed by atoms with van der Waals surface area (Å²) in [4.78, 5) is 26.5. The average Bonchev–Trinajstić information content (AvgIpc) is 2.55. The molecule has 4 nitrogen and oxygen atoms in total. The largest absolute Gasteiger partial charge is 0.349 e. The van der Waals surface area contributed by atoms with Crippen molar-refractivity contribution >= 4 is 23.4 Å². The quantitative estimate of drug-likeness (QED) is 0.859. The Kier molecular flexibility index (Phi) is 5.69. The predicted molar refractivity (Wildman–Crippen MR) is 92.7 cm³/mol. The summed E-state index contributed by atoms with van der Waals surface area (Å²) >= 11 is 5.88. The van der Waals surface area contributed by atoms with Crippen molar-refractivity contribution in [2.45, 2.75) is 39.7 Å². The Morgan fingerprint density at radius 1 is 1.30 bits per heavy atom. The van der Waals surface area contributed by atoms with E-state index in [1.54, 1.807) is 0 Å². The van der Waals surface area contributed by atoms with Gasteiger partial charge >= 0.3 is 0 Å². The van der Waals surface area contributed by atoms with Gasteiger partial charge in [0.15, 0.2) is 0 Å². The number of carbonyl (C=O) groups excluding carboxylic acids is 2. The van der Waals surface area contributed by atoms with Crippen molar-refractivity contribution in [2.24, 2.45) is 5.41 Å². The van der Waals surface area contributed by atoms with Gasteiger partial charge in [-0.15, -0.1) is 11.6 Å². The molecule has 1 fully saturated rings. The summed E-state index contributed by atoms with van der Waals surface area (Å²) in [6, 6.07) is 7.69. The van der Waals surface area contributed by atoms with E-state index in [0.717, 1.165) is 18.4 Å². The first-order chi connectivity index (χ1) is 10.8. The molecule has 0 spiro atoms. The van der Waals surface area contributed by atoms with Gasteiger partial charge in [0.05, 0.1) is 5.41 Å². The molecule has 2 amide bonds. The Balaban J connectivity index is 1.88. The van der Waals surface area contributed by atoms with Crippen LogP contribution in [0.25, 0.3) is 0 Å². The second kappa shape index (κ2) is 7.35. The lowest BCUT2D eigenvalue weighted by molar-refractivity contribution is -0.140. The maximum absolute atomic E-state index is 12.4. The Bertz CT molecular complexity index is 578. The van der Waals surface area contributed by atoms with Crippen LogP contribution in [0.1, 0.15) is 42.6 Å². The van der Waals surface area contributed by atoms with Gasteiger partial charge in [-0.1, -0.05) is 17.7 Å². The van der Waals surface area contributed by atoms with Gasteiger partial charge in [-0.05, 0) is 45.7 Å². The maximum Gasteiger partial charge on any atom is 0.251 e. The fourth-order valence-electron chi connectivity index (χ4n) is 2.77. The van der Waals surface area contributed by atoms with E-state index in [0.29, 0.717) is 24.5 Å². The molecule has 5 heteroatoms. The number of nitrogens with one attached hydrogen (secondary N) is 1.